The quantitative estimate of drug-likeness (QED) is 0.226. The van der Waals surface area contributed by atoms with Crippen LogP contribution >= 0.6 is 11.6 Å². The number of aromatic nitrogens is 2. The van der Waals surface area contributed by atoms with Gasteiger partial charge in [-0.15, -0.1) is 4.68 Å². The minimum atomic E-state index is -1.14. The predicted octanol–water partition coefficient (Wildman–Crippen LogP) is 3.41. The molecule has 0 fully saturated rings. The zero-order valence-corrected chi connectivity index (χ0v) is 18.4. The minimum Gasteiger partial charge on any atom is -0.481 e. The Morgan fingerprint density at radius 3 is 2.69 bits per heavy atom. The summed E-state index contributed by atoms with van der Waals surface area (Å²) >= 11 is 6.04. The highest BCUT2D eigenvalue weighted by atomic mass is 35.5. The molecule has 11 nitrogen and oxygen atoms in total. The molecule has 0 aliphatic heterocycles. The fourth-order valence-electron chi connectivity index (χ4n) is 3.32. The molecule has 35 heavy (non-hydrogen) atoms. The molecule has 4 rings (SSSR count). The van der Waals surface area contributed by atoms with Gasteiger partial charge in [-0.25, -0.2) is 9.59 Å². The number of aromatic carboxylic acids is 1. The van der Waals surface area contributed by atoms with E-state index in [4.69, 9.17) is 21.4 Å². The fraction of sp³-hybridized carbons (Fsp3) is 0.0435. The van der Waals surface area contributed by atoms with Crippen molar-refractivity contribution in [2.45, 2.75) is 6.61 Å². The summed E-state index contributed by atoms with van der Waals surface area (Å²) < 4.78 is 6.25. The van der Waals surface area contributed by atoms with E-state index in [1.165, 1.54) is 30.3 Å². The molecule has 1 aromatic heterocycles. The molecule has 0 radical (unpaired) electrons. The Bertz CT molecular complexity index is 1620. The number of nitro groups is 1. The van der Waals surface area contributed by atoms with Crippen LogP contribution in [-0.2, 0) is 6.61 Å². The second kappa shape index (κ2) is 9.61. The molecule has 4 aromatic rings. The van der Waals surface area contributed by atoms with Gasteiger partial charge in [-0.3, -0.25) is 14.9 Å². The first-order valence-corrected chi connectivity index (χ1v) is 10.3. The third-order valence-corrected chi connectivity index (χ3v) is 5.13. The highest BCUT2D eigenvalue weighted by molar-refractivity contribution is 6.31. The van der Waals surface area contributed by atoms with Crippen molar-refractivity contribution < 1.29 is 19.6 Å². The lowest BCUT2D eigenvalue weighted by molar-refractivity contribution is -0.385. The number of ether oxygens (including phenoxy) is 1. The predicted molar refractivity (Wildman–Crippen MR) is 128 cm³/mol. The van der Waals surface area contributed by atoms with E-state index in [2.05, 4.69) is 10.1 Å². The molecule has 2 N–H and O–H groups in total. The molecule has 1 heterocycles. The molecule has 0 saturated heterocycles. The number of halogens is 1. The third-order valence-electron chi connectivity index (χ3n) is 4.91. The maximum absolute atomic E-state index is 12.7. The van der Waals surface area contributed by atoms with Gasteiger partial charge >= 0.3 is 17.3 Å². The molecule has 0 saturated carbocycles. The standard InChI is InChI=1S/C23H15ClN4O7/c24-16-9-15(11-25-27-21(29)17-6-1-2-7-18(17)26-23(27)32)20(19(10-16)28(33)34)35-12-13-4-3-5-14(8-13)22(30)31/h1-11H,12H2,(H,26,32)(H,30,31). The van der Waals surface area contributed by atoms with E-state index in [-0.39, 0.29) is 33.9 Å². The highest BCUT2D eigenvalue weighted by Gasteiger charge is 2.21. The van der Waals surface area contributed by atoms with Gasteiger partial charge in [0.1, 0.15) is 6.61 Å². The molecular formula is C23H15ClN4O7. The number of hydrogen-bond donors (Lipinski definition) is 2. The van der Waals surface area contributed by atoms with Gasteiger partial charge in [0, 0.05) is 16.7 Å². The second-order valence-corrected chi connectivity index (χ2v) is 7.67. The van der Waals surface area contributed by atoms with Crippen molar-refractivity contribution in [3.05, 3.63) is 113 Å². The molecule has 0 spiro atoms. The van der Waals surface area contributed by atoms with Crippen LogP contribution in [0.4, 0.5) is 5.69 Å². The summed E-state index contributed by atoms with van der Waals surface area (Å²) in [6, 6.07) is 14.6. The number of para-hydroxylation sites is 1. The molecule has 0 atom stereocenters. The zero-order chi connectivity index (χ0) is 25.1. The molecule has 12 heteroatoms. The summed E-state index contributed by atoms with van der Waals surface area (Å²) in [7, 11) is 0. The number of aromatic amines is 1. The zero-order valence-electron chi connectivity index (χ0n) is 17.7. The SMILES string of the molecule is O=C(O)c1cccc(COc2c(C=Nn3c(=O)[nH]c4ccccc4c3=O)cc(Cl)cc2[N+](=O)[O-])c1. The Hall–Kier alpha value is -4.77. The molecule has 0 aliphatic rings. The maximum atomic E-state index is 12.7. The van der Waals surface area contributed by atoms with Crippen LogP contribution in [0.2, 0.25) is 5.02 Å². The Kier molecular flexibility index (Phi) is 6.42. The number of carboxylic acids is 1. The maximum Gasteiger partial charge on any atom is 0.349 e. The van der Waals surface area contributed by atoms with Crippen molar-refractivity contribution in [1.82, 2.24) is 9.66 Å². The Labute approximate surface area is 200 Å². The number of carbonyl (C=O) groups is 1. The Balaban J connectivity index is 1.76. The molecule has 0 bridgehead atoms. The van der Waals surface area contributed by atoms with Gasteiger partial charge in [0.15, 0.2) is 0 Å². The van der Waals surface area contributed by atoms with Gasteiger partial charge in [-0.05, 0) is 35.9 Å². The lowest BCUT2D eigenvalue weighted by atomic mass is 10.1. The first-order valence-electron chi connectivity index (χ1n) is 9.96. The van der Waals surface area contributed by atoms with E-state index >= 15 is 0 Å². The van der Waals surface area contributed by atoms with Crippen LogP contribution in [0.1, 0.15) is 21.5 Å². The summed E-state index contributed by atoms with van der Waals surface area (Å²) in [4.78, 5) is 49.8. The van der Waals surface area contributed by atoms with E-state index in [1.807, 2.05) is 0 Å². The smallest absolute Gasteiger partial charge is 0.349 e. The van der Waals surface area contributed by atoms with Gasteiger partial charge in [-0.2, -0.15) is 5.10 Å². The number of nitro benzene ring substituents is 1. The van der Waals surface area contributed by atoms with Crippen LogP contribution in [0.15, 0.2) is 75.4 Å². The number of benzene rings is 3. The van der Waals surface area contributed by atoms with Crippen molar-refractivity contribution in [1.29, 1.82) is 0 Å². The van der Waals surface area contributed by atoms with Crippen molar-refractivity contribution in [3.63, 3.8) is 0 Å². The van der Waals surface area contributed by atoms with E-state index in [0.717, 1.165) is 12.3 Å². The number of H-pyrrole nitrogens is 1. The van der Waals surface area contributed by atoms with Crippen molar-refractivity contribution in [2.75, 3.05) is 0 Å². The summed E-state index contributed by atoms with van der Waals surface area (Å²) in [5.74, 6) is -1.36. The minimum absolute atomic E-state index is 0.00172. The summed E-state index contributed by atoms with van der Waals surface area (Å²) in [6.07, 6.45) is 1.05. The van der Waals surface area contributed by atoms with Crippen LogP contribution in [0, 0.1) is 10.1 Å². The number of hydrogen-bond acceptors (Lipinski definition) is 7. The van der Waals surface area contributed by atoms with Crippen molar-refractivity contribution in [2.24, 2.45) is 5.10 Å². The topological polar surface area (TPSA) is 157 Å². The number of rotatable bonds is 7. The van der Waals surface area contributed by atoms with Gasteiger partial charge in [-0.1, -0.05) is 35.9 Å². The van der Waals surface area contributed by atoms with Crippen LogP contribution in [-0.4, -0.2) is 31.9 Å². The van der Waals surface area contributed by atoms with Gasteiger partial charge in [0.25, 0.3) is 5.56 Å². The molecule has 176 valence electrons. The molecular weight excluding hydrogens is 480 g/mol. The summed E-state index contributed by atoms with van der Waals surface area (Å²) in [5.41, 5.74) is -1.15. The normalized spacial score (nSPS) is 11.1. The molecule has 0 amide bonds. The van der Waals surface area contributed by atoms with E-state index < -0.39 is 27.8 Å². The van der Waals surface area contributed by atoms with Crippen molar-refractivity contribution >= 4 is 40.4 Å². The van der Waals surface area contributed by atoms with Crippen LogP contribution in [0.25, 0.3) is 10.9 Å². The van der Waals surface area contributed by atoms with Gasteiger partial charge in [0.2, 0.25) is 5.75 Å². The number of nitrogens with zero attached hydrogens (tertiary/aromatic N) is 3. The highest BCUT2D eigenvalue weighted by Crippen LogP contribution is 2.34. The monoisotopic (exact) mass is 494 g/mol. The van der Waals surface area contributed by atoms with Crippen LogP contribution in [0.5, 0.6) is 5.75 Å². The van der Waals surface area contributed by atoms with Gasteiger partial charge in [0.05, 0.1) is 27.6 Å². The van der Waals surface area contributed by atoms with E-state index in [0.29, 0.717) is 15.8 Å². The average molecular weight is 495 g/mol. The summed E-state index contributed by atoms with van der Waals surface area (Å²) in [6.45, 7) is -0.207. The first kappa shape index (κ1) is 23.4. The second-order valence-electron chi connectivity index (χ2n) is 7.23. The first-order chi connectivity index (χ1) is 16.7. The fourth-order valence-corrected chi connectivity index (χ4v) is 3.54. The average Bonchev–Trinajstić information content (AvgIpc) is 2.83. The largest absolute Gasteiger partial charge is 0.481 e. The third kappa shape index (κ3) is 4.94. The number of nitrogens with one attached hydrogen (secondary N) is 1. The molecule has 3 aromatic carbocycles. The Morgan fingerprint density at radius 2 is 1.94 bits per heavy atom. The van der Waals surface area contributed by atoms with E-state index in [1.54, 1.807) is 24.3 Å². The van der Waals surface area contributed by atoms with Crippen LogP contribution < -0.4 is 16.0 Å². The molecule has 0 aliphatic carbocycles. The number of carboxylic acid groups (broad SMARTS) is 1. The number of fused-ring (bicyclic) bond motifs is 1. The molecule has 0 unspecified atom stereocenters. The van der Waals surface area contributed by atoms with Crippen molar-refractivity contribution in [3.8, 4) is 5.75 Å². The Morgan fingerprint density at radius 1 is 1.17 bits per heavy atom. The van der Waals surface area contributed by atoms with Crippen LogP contribution in [0.3, 0.4) is 0 Å². The summed E-state index contributed by atoms with van der Waals surface area (Å²) in [5, 5.41) is 24.9. The lowest BCUT2D eigenvalue weighted by Gasteiger charge is -2.11. The van der Waals surface area contributed by atoms with Gasteiger partial charge < -0.3 is 14.8 Å². The van der Waals surface area contributed by atoms with E-state index in [9.17, 15) is 24.5 Å². The lowest BCUT2D eigenvalue weighted by Crippen LogP contribution is -2.32.